The maximum Gasteiger partial charge on any atom is 0.260 e. The lowest BCUT2D eigenvalue weighted by Crippen LogP contribution is -2.10. The molecule has 0 radical (unpaired) electrons. The van der Waals surface area contributed by atoms with Gasteiger partial charge in [-0.3, -0.25) is 4.79 Å². The topological polar surface area (TPSA) is 82.0 Å². The fourth-order valence-electron chi connectivity index (χ4n) is 3.21. The van der Waals surface area contributed by atoms with Gasteiger partial charge in [-0.15, -0.1) is 22.7 Å². The maximum absolute atomic E-state index is 11.6. The molecule has 0 unspecified atom stereocenters. The Kier molecular flexibility index (Phi) is 2.99. The number of thiophene rings is 2. The molecule has 0 bridgehead atoms. The van der Waals surface area contributed by atoms with E-state index in [0.717, 1.165) is 35.2 Å². The lowest BCUT2D eigenvalue weighted by atomic mass is 9.99. The Balaban J connectivity index is 2.17. The van der Waals surface area contributed by atoms with E-state index < -0.39 is 5.91 Å². The van der Waals surface area contributed by atoms with E-state index in [9.17, 15) is 4.79 Å². The van der Waals surface area contributed by atoms with Crippen molar-refractivity contribution >= 4 is 44.5 Å². The highest BCUT2D eigenvalue weighted by Crippen LogP contribution is 2.46. The van der Waals surface area contributed by atoms with Gasteiger partial charge in [0.15, 0.2) is 0 Å². The monoisotopic (exact) mass is 329 g/mol. The van der Waals surface area contributed by atoms with Crippen LogP contribution >= 0.6 is 22.7 Å². The van der Waals surface area contributed by atoms with E-state index in [2.05, 4.69) is 18.4 Å². The van der Waals surface area contributed by atoms with Gasteiger partial charge in [0.05, 0.1) is 5.69 Å². The standard InChI is InChI=1S/C16H15N3OS2/c1-7-5-6-21-13(7)10-8-3-2-4-9(8)19-16-11(10)12(17)14(22-16)15(18)20/h5-6H,2-4,17H2,1H3,(H2,18,20). The molecule has 0 aliphatic heterocycles. The molecule has 4 rings (SSSR count). The van der Waals surface area contributed by atoms with Crippen LogP contribution in [0.4, 0.5) is 5.69 Å². The highest BCUT2D eigenvalue weighted by atomic mass is 32.1. The number of hydrogen-bond acceptors (Lipinski definition) is 5. The first-order valence-corrected chi connectivity index (χ1v) is 8.85. The molecule has 22 heavy (non-hydrogen) atoms. The number of carbonyl (C=O) groups is 1. The second-order valence-electron chi connectivity index (χ2n) is 5.59. The Hall–Kier alpha value is -1.92. The molecule has 3 aromatic rings. The molecule has 0 spiro atoms. The molecule has 112 valence electrons. The molecule has 1 aliphatic carbocycles. The van der Waals surface area contributed by atoms with E-state index in [1.165, 1.54) is 32.9 Å². The quantitative estimate of drug-likeness (QED) is 0.755. The average Bonchev–Trinajstić information content (AvgIpc) is 3.16. The summed E-state index contributed by atoms with van der Waals surface area (Å²) in [6, 6.07) is 2.12. The van der Waals surface area contributed by atoms with Crippen LogP contribution in [0.1, 0.15) is 32.9 Å². The number of hydrogen-bond donors (Lipinski definition) is 2. The van der Waals surface area contributed by atoms with E-state index in [0.29, 0.717) is 10.6 Å². The van der Waals surface area contributed by atoms with Crippen LogP contribution in [0, 0.1) is 6.92 Å². The fraction of sp³-hybridized carbons (Fsp3) is 0.250. The van der Waals surface area contributed by atoms with Crippen molar-refractivity contribution < 1.29 is 4.79 Å². The van der Waals surface area contributed by atoms with Crippen LogP contribution in [0.25, 0.3) is 20.7 Å². The average molecular weight is 329 g/mol. The van der Waals surface area contributed by atoms with E-state index in [4.69, 9.17) is 16.5 Å². The zero-order valence-corrected chi connectivity index (χ0v) is 13.7. The van der Waals surface area contributed by atoms with Crippen LogP contribution in [0.15, 0.2) is 11.4 Å². The Labute approximate surface area is 135 Å². The van der Waals surface area contributed by atoms with Crippen LogP contribution in [0.5, 0.6) is 0 Å². The van der Waals surface area contributed by atoms with Gasteiger partial charge in [-0.05, 0) is 48.8 Å². The normalized spacial score (nSPS) is 13.7. The highest BCUT2D eigenvalue weighted by Gasteiger charge is 2.26. The summed E-state index contributed by atoms with van der Waals surface area (Å²) in [6.45, 7) is 2.11. The van der Waals surface area contributed by atoms with Gasteiger partial charge >= 0.3 is 0 Å². The number of fused-ring (bicyclic) bond motifs is 2. The fourth-order valence-corrected chi connectivity index (χ4v) is 5.19. The number of pyridine rings is 1. The van der Waals surface area contributed by atoms with Crippen molar-refractivity contribution in [1.29, 1.82) is 0 Å². The summed E-state index contributed by atoms with van der Waals surface area (Å²) in [5.41, 5.74) is 17.1. The number of nitrogen functional groups attached to an aromatic ring is 1. The van der Waals surface area contributed by atoms with E-state index >= 15 is 0 Å². The summed E-state index contributed by atoms with van der Waals surface area (Å²) >= 11 is 3.02. The number of carbonyl (C=O) groups excluding carboxylic acids is 1. The van der Waals surface area contributed by atoms with Crippen molar-refractivity contribution in [2.24, 2.45) is 5.73 Å². The Morgan fingerprint density at radius 2 is 2.18 bits per heavy atom. The molecular weight excluding hydrogens is 314 g/mol. The predicted molar refractivity (Wildman–Crippen MR) is 92.6 cm³/mol. The number of aromatic nitrogens is 1. The van der Waals surface area contributed by atoms with Crippen LogP contribution in [0.2, 0.25) is 0 Å². The molecule has 1 aliphatic rings. The maximum atomic E-state index is 11.6. The third-order valence-electron chi connectivity index (χ3n) is 4.22. The van der Waals surface area contributed by atoms with E-state index in [1.54, 1.807) is 11.3 Å². The summed E-state index contributed by atoms with van der Waals surface area (Å²) < 4.78 is 0. The van der Waals surface area contributed by atoms with Crippen molar-refractivity contribution in [1.82, 2.24) is 4.98 Å². The zero-order valence-electron chi connectivity index (χ0n) is 12.1. The lowest BCUT2D eigenvalue weighted by molar-refractivity contribution is 0.100. The number of nitrogens with two attached hydrogens (primary N) is 2. The van der Waals surface area contributed by atoms with Gasteiger partial charge in [0.2, 0.25) is 0 Å². The summed E-state index contributed by atoms with van der Waals surface area (Å²) in [4.78, 5) is 18.9. The SMILES string of the molecule is Cc1ccsc1-c1c2c(nc3sc(C(N)=O)c(N)c13)CCC2. The molecule has 4 N–H and O–H groups in total. The predicted octanol–water partition coefficient (Wildman–Crippen LogP) is 3.50. The molecule has 6 heteroatoms. The largest absolute Gasteiger partial charge is 0.397 e. The minimum atomic E-state index is -0.477. The second kappa shape index (κ2) is 4.79. The van der Waals surface area contributed by atoms with Gasteiger partial charge in [-0.1, -0.05) is 0 Å². The number of nitrogens with zero attached hydrogens (tertiary/aromatic N) is 1. The Bertz CT molecular complexity index is 923. The number of primary amides is 1. The summed E-state index contributed by atoms with van der Waals surface area (Å²) in [7, 11) is 0. The van der Waals surface area contributed by atoms with Crippen LogP contribution in [-0.2, 0) is 12.8 Å². The Morgan fingerprint density at radius 3 is 2.86 bits per heavy atom. The van der Waals surface area contributed by atoms with Crippen molar-refractivity contribution in [2.75, 3.05) is 5.73 Å². The number of amides is 1. The van der Waals surface area contributed by atoms with Crippen molar-refractivity contribution in [3.8, 4) is 10.4 Å². The number of anilines is 1. The number of rotatable bonds is 2. The molecular formula is C16H15N3OS2. The first kappa shape index (κ1) is 13.7. The Morgan fingerprint density at radius 1 is 1.36 bits per heavy atom. The summed E-state index contributed by atoms with van der Waals surface area (Å²) in [5.74, 6) is -0.477. The van der Waals surface area contributed by atoms with Crippen LogP contribution in [0.3, 0.4) is 0 Å². The molecule has 0 aromatic carbocycles. The zero-order chi connectivity index (χ0) is 15.4. The number of aryl methyl sites for hydroxylation is 2. The molecule has 0 saturated carbocycles. The minimum absolute atomic E-state index is 0.418. The van der Waals surface area contributed by atoms with Crippen LogP contribution in [-0.4, -0.2) is 10.9 Å². The van der Waals surface area contributed by atoms with Gasteiger partial charge in [0.1, 0.15) is 9.71 Å². The molecule has 0 atom stereocenters. The molecule has 4 nitrogen and oxygen atoms in total. The van der Waals surface area contributed by atoms with Gasteiger partial charge in [0.25, 0.3) is 5.91 Å². The smallest absolute Gasteiger partial charge is 0.260 e. The molecule has 3 aromatic heterocycles. The molecule has 0 fully saturated rings. The summed E-state index contributed by atoms with van der Waals surface area (Å²) in [5, 5.41) is 3.00. The van der Waals surface area contributed by atoms with Crippen molar-refractivity contribution in [2.45, 2.75) is 26.2 Å². The first-order valence-electron chi connectivity index (χ1n) is 7.16. The molecule has 3 heterocycles. The third-order valence-corrected chi connectivity index (χ3v) is 6.36. The third kappa shape index (κ3) is 1.80. The van der Waals surface area contributed by atoms with Gasteiger partial charge in [0, 0.05) is 21.5 Å². The van der Waals surface area contributed by atoms with Crippen molar-refractivity contribution in [3.05, 3.63) is 33.1 Å². The van der Waals surface area contributed by atoms with Gasteiger partial charge < -0.3 is 11.5 Å². The van der Waals surface area contributed by atoms with Crippen LogP contribution < -0.4 is 11.5 Å². The van der Waals surface area contributed by atoms with Gasteiger partial charge in [-0.2, -0.15) is 0 Å². The molecule has 0 saturated heterocycles. The van der Waals surface area contributed by atoms with Gasteiger partial charge in [-0.25, -0.2) is 4.98 Å². The molecule has 1 amide bonds. The van der Waals surface area contributed by atoms with Crippen molar-refractivity contribution in [3.63, 3.8) is 0 Å². The summed E-state index contributed by atoms with van der Waals surface area (Å²) in [6.07, 6.45) is 3.14. The van der Waals surface area contributed by atoms with E-state index in [-0.39, 0.29) is 0 Å². The highest BCUT2D eigenvalue weighted by molar-refractivity contribution is 7.21. The second-order valence-corrected chi connectivity index (χ2v) is 7.50. The lowest BCUT2D eigenvalue weighted by Gasteiger charge is -2.10. The van der Waals surface area contributed by atoms with E-state index in [1.807, 2.05) is 0 Å². The minimum Gasteiger partial charge on any atom is -0.397 e. The first-order chi connectivity index (χ1) is 10.6.